The predicted octanol–water partition coefficient (Wildman–Crippen LogP) is 2.85. The summed E-state index contributed by atoms with van der Waals surface area (Å²) in [5.74, 6) is 1.59. The van der Waals surface area contributed by atoms with Crippen LogP contribution in [0.15, 0.2) is 11.6 Å². The fraction of sp³-hybridized carbons (Fsp3) is 0.842. The fourth-order valence-corrected chi connectivity index (χ4v) is 6.43. The van der Waals surface area contributed by atoms with Gasteiger partial charge in [-0.15, -0.1) is 0 Å². The smallest absolute Gasteiger partial charge is 0.167 e. The molecule has 0 aromatic carbocycles. The summed E-state index contributed by atoms with van der Waals surface area (Å²) in [4.78, 5) is 12.4. The van der Waals surface area contributed by atoms with Crippen LogP contribution in [0.25, 0.3) is 0 Å². The first kappa shape index (κ1) is 14.9. The maximum Gasteiger partial charge on any atom is 0.167 e. The molecule has 4 aliphatic rings. The van der Waals surface area contributed by atoms with E-state index in [1.807, 2.05) is 0 Å². The molecular formula is C19H28O3. The van der Waals surface area contributed by atoms with E-state index in [-0.39, 0.29) is 22.7 Å². The lowest BCUT2D eigenvalue weighted by atomic mass is 9.48. The highest BCUT2D eigenvalue weighted by Crippen LogP contribution is 2.63. The highest BCUT2D eigenvalue weighted by Gasteiger charge is 2.60. The van der Waals surface area contributed by atoms with Gasteiger partial charge in [0, 0.05) is 5.41 Å². The molecule has 0 aromatic rings. The average molecular weight is 304 g/mol. The molecule has 3 heteroatoms. The average Bonchev–Trinajstić information content (AvgIpc) is 2.72. The van der Waals surface area contributed by atoms with Gasteiger partial charge >= 0.3 is 0 Å². The second-order valence-corrected chi connectivity index (χ2v) is 8.73. The summed E-state index contributed by atoms with van der Waals surface area (Å²) in [6, 6.07) is 0. The van der Waals surface area contributed by atoms with Gasteiger partial charge in [0.15, 0.2) is 5.78 Å². The quantitative estimate of drug-likeness (QED) is 0.677. The van der Waals surface area contributed by atoms with Crippen molar-refractivity contribution in [3.05, 3.63) is 11.6 Å². The molecule has 3 fully saturated rings. The molecule has 0 aliphatic heterocycles. The van der Waals surface area contributed by atoms with Gasteiger partial charge in [-0.1, -0.05) is 25.5 Å². The van der Waals surface area contributed by atoms with Gasteiger partial charge in [0.25, 0.3) is 0 Å². The van der Waals surface area contributed by atoms with Crippen LogP contribution in [0.5, 0.6) is 0 Å². The first-order valence-corrected chi connectivity index (χ1v) is 8.96. The Hall–Kier alpha value is -0.670. The van der Waals surface area contributed by atoms with Crippen molar-refractivity contribution in [1.82, 2.24) is 0 Å². The minimum atomic E-state index is -0.736. The summed E-state index contributed by atoms with van der Waals surface area (Å²) in [5.41, 5.74) is 1.37. The summed E-state index contributed by atoms with van der Waals surface area (Å²) in [7, 11) is 0. The van der Waals surface area contributed by atoms with Crippen LogP contribution in [0.3, 0.4) is 0 Å². The molecule has 0 unspecified atom stereocenters. The van der Waals surface area contributed by atoms with Gasteiger partial charge in [-0.05, 0) is 68.1 Å². The van der Waals surface area contributed by atoms with Gasteiger partial charge in [0.05, 0.1) is 6.10 Å². The zero-order valence-electron chi connectivity index (χ0n) is 13.7. The van der Waals surface area contributed by atoms with Crippen LogP contribution >= 0.6 is 0 Å². The van der Waals surface area contributed by atoms with Gasteiger partial charge in [-0.2, -0.15) is 0 Å². The highest BCUT2D eigenvalue weighted by atomic mass is 16.3. The van der Waals surface area contributed by atoms with Gasteiger partial charge in [-0.25, -0.2) is 0 Å². The number of carbonyl (C=O) groups excluding carboxylic acids is 1. The number of allylic oxidation sites excluding steroid dienone is 1. The van der Waals surface area contributed by atoms with Crippen molar-refractivity contribution in [3.8, 4) is 0 Å². The van der Waals surface area contributed by atoms with E-state index < -0.39 is 6.10 Å². The van der Waals surface area contributed by atoms with E-state index in [1.54, 1.807) is 0 Å². The molecule has 22 heavy (non-hydrogen) atoms. The van der Waals surface area contributed by atoms with Crippen molar-refractivity contribution in [2.75, 3.05) is 0 Å². The van der Waals surface area contributed by atoms with Crippen LogP contribution in [0.4, 0.5) is 0 Å². The molecule has 7 atom stereocenters. The number of hydrogen-bond acceptors (Lipinski definition) is 3. The third-order valence-electron chi connectivity index (χ3n) is 7.81. The molecule has 122 valence electrons. The number of aliphatic hydroxyl groups excluding tert-OH is 2. The molecular weight excluding hydrogens is 276 g/mol. The van der Waals surface area contributed by atoms with E-state index in [0.717, 1.165) is 38.5 Å². The number of carbonyl (C=O) groups is 1. The zero-order chi connectivity index (χ0) is 15.7. The Morgan fingerprint density at radius 2 is 1.82 bits per heavy atom. The molecule has 0 amide bonds. The standard InChI is InChI=1S/C19H28O3/c1-18-7-5-12(20)9-11(18)3-4-13-14(18)6-8-19(2)15(13)10-16(21)17(19)22/h3,12-16,20-21H,4-10H2,1-2H3/t12-,13-,14+,15+,16+,18+,19+/m1/s1. The molecule has 0 aromatic heterocycles. The topological polar surface area (TPSA) is 57.5 Å². The lowest BCUT2D eigenvalue weighted by Gasteiger charge is -2.56. The maximum absolute atomic E-state index is 12.4. The van der Waals surface area contributed by atoms with Crippen LogP contribution in [-0.2, 0) is 4.79 Å². The third kappa shape index (κ3) is 1.78. The normalized spacial score (nSPS) is 54.3. The molecule has 3 nitrogen and oxygen atoms in total. The molecule has 4 aliphatic carbocycles. The van der Waals surface area contributed by atoms with Crippen molar-refractivity contribution in [2.24, 2.45) is 28.6 Å². The van der Waals surface area contributed by atoms with Crippen LogP contribution in [0.2, 0.25) is 0 Å². The molecule has 4 rings (SSSR count). The SMILES string of the molecule is C[C@]12CC[C@@H](O)CC1=CC[C@@H]1[C@@H]2CC[C@]2(C)C(=O)[C@@H](O)C[C@@H]12. The molecule has 3 saturated carbocycles. The Bertz CT molecular complexity index is 539. The number of rotatable bonds is 0. The summed E-state index contributed by atoms with van der Waals surface area (Å²) in [5, 5.41) is 20.1. The minimum absolute atomic E-state index is 0.0925. The number of Topliss-reactive ketones (excluding diaryl/α,β-unsaturated/α-hetero) is 1. The monoisotopic (exact) mass is 304 g/mol. The highest BCUT2D eigenvalue weighted by molar-refractivity contribution is 5.91. The number of aliphatic hydroxyl groups is 2. The van der Waals surface area contributed by atoms with E-state index in [9.17, 15) is 15.0 Å². The largest absolute Gasteiger partial charge is 0.393 e. The van der Waals surface area contributed by atoms with Gasteiger partial charge in [0.2, 0.25) is 0 Å². The lowest BCUT2D eigenvalue weighted by molar-refractivity contribution is -0.136. The lowest BCUT2D eigenvalue weighted by Crippen LogP contribution is -2.50. The van der Waals surface area contributed by atoms with Crippen LogP contribution in [0.1, 0.15) is 58.8 Å². The molecule has 0 radical (unpaired) electrons. The van der Waals surface area contributed by atoms with Crippen LogP contribution in [-0.4, -0.2) is 28.2 Å². The maximum atomic E-state index is 12.4. The van der Waals surface area contributed by atoms with Crippen molar-refractivity contribution < 1.29 is 15.0 Å². The Morgan fingerprint density at radius 3 is 2.59 bits per heavy atom. The van der Waals surface area contributed by atoms with Crippen LogP contribution < -0.4 is 0 Å². The second-order valence-electron chi connectivity index (χ2n) is 8.73. The van der Waals surface area contributed by atoms with Crippen molar-refractivity contribution in [3.63, 3.8) is 0 Å². The Labute approximate surface area is 132 Å². The second kappa shape index (κ2) is 4.67. The van der Waals surface area contributed by atoms with Crippen molar-refractivity contribution in [1.29, 1.82) is 0 Å². The van der Waals surface area contributed by atoms with E-state index in [2.05, 4.69) is 19.9 Å². The third-order valence-corrected chi connectivity index (χ3v) is 7.81. The minimum Gasteiger partial charge on any atom is -0.393 e. The van der Waals surface area contributed by atoms with Crippen LogP contribution in [0, 0.1) is 28.6 Å². The Balaban J connectivity index is 1.70. The molecule has 0 saturated heterocycles. The van der Waals surface area contributed by atoms with Gasteiger partial charge in [0.1, 0.15) is 6.10 Å². The van der Waals surface area contributed by atoms with E-state index in [1.165, 1.54) is 5.57 Å². The first-order valence-electron chi connectivity index (χ1n) is 8.96. The fourth-order valence-electron chi connectivity index (χ4n) is 6.43. The summed E-state index contributed by atoms with van der Waals surface area (Å²) in [6.45, 7) is 4.48. The van der Waals surface area contributed by atoms with Crippen molar-refractivity contribution in [2.45, 2.75) is 71.0 Å². The molecule has 2 N–H and O–H groups in total. The van der Waals surface area contributed by atoms with Gasteiger partial charge in [-0.3, -0.25) is 4.79 Å². The van der Waals surface area contributed by atoms with Crippen molar-refractivity contribution >= 4 is 5.78 Å². The zero-order valence-corrected chi connectivity index (χ0v) is 13.7. The summed E-state index contributed by atoms with van der Waals surface area (Å²) < 4.78 is 0. The Morgan fingerprint density at radius 1 is 1.09 bits per heavy atom. The van der Waals surface area contributed by atoms with E-state index in [0.29, 0.717) is 24.2 Å². The van der Waals surface area contributed by atoms with E-state index in [4.69, 9.17) is 0 Å². The van der Waals surface area contributed by atoms with E-state index >= 15 is 0 Å². The van der Waals surface area contributed by atoms with Gasteiger partial charge < -0.3 is 10.2 Å². The number of ketones is 1. The molecule has 0 bridgehead atoms. The number of fused-ring (bicyclic) bond motifs is 5. The Kier molecular flexibility index (Phi) is 3.16. The first-order chi connectivity index (χ1) is 10.4. The summed E-state index contributed by atoms with van der Waals surface area (Å²) in [6.07, 6.45) is 8.00. The molecule has 0 heterocycles. The number of hydrogen-bond donors (Lipinski definition) is 2. The molecule has 0 spiro atoms. The summed E-state index contributed by atoms with van der Waals surface area (Å²) >= 11 is 0. The predicted molar refractivity (Wildman–Crippen MR) is 84.1 cm³/mol.